The lowest BCUT2D eigenvalue weighted by Gasteiger charge is -2.28. The molecule has 0 radical (unpaired) electrons. The Morgan fingerprint density at radius 2 is 2.24 bits per heavy atom. The van der Waals surface area contributed by atoms with E-state index in [2.05, 4.69) is 10.6 Å². The maximum atomic E-state index is 12.5. The number of anilines is 1. The molecule has 6 heteroatoms. The van der Waals surface area contributed by atoms with Gasteiger partial charge in [-0.2, -0.15) is 0 Å². The molecule has 1 atom stereocenters. The second-order valence-electron chi connectivity index (χ2n) is 5.32. The second kappa shape index (κ2) is 6.45. The van der Waals surface area contributed by atoms with Gasteiger partial charge in [-0.1, -0.05) is 24.9 Å². The molecule has 2 rings (SSSR count). The normalized spacial score (nSPS) is 21.2. The lowest BCUT2D eigenvalue weighted by Crippen LogP contribution is -2.50. The second-order valence-corrected chi connectivity index (χ2v) is 5.72. The largest absolute Gasteiger partial charge is 0.478 e. The van der Waals surface area contributed by atoms with Crippen molar-refractivity contribution in [2.45, 2.75) is 38.1 Å². The smallest absolute Gasteiger partial charge is 0.335 e. The summed E-state index contributed by atoms with van der Waals surface area (Å²) in [5.41, 5.74) is -0.0000849. The van der Waals surface area contributed by atoms with E-state index < -0.39 is 11.5 Å². The zero-order valence-electron chi connectivity index (χ0n) is 11.9. The van der Waals surface area contributed by atoms with Crippen LogP contribution in [0.5, 0.6) is 0 Å². The number of nitrogens with one attached hydrogen (secondary N) is 2. The van der Waals surface area contributed by atoms with E-state index in [4.69, 9.17) is 16.7 Å². The van der Waals surface area contributed by atoms with Crippen LogP contribution in [0, 0.1) is 0 Å². The minimum Gasteiger partial charge on any atom is -0.478 e. The Morgan fingerprint density at radius 1 is 1.48 bits per heavy atom. The number of aromatic carboxylic acids is 1. The van der Waals surface area contributed by atoms with Gasteiger partial charge in [0.05, 0.1) is 21.8 Å². The average Bonchev–Trinajstić information content (AvgIpc) is 2.91. The Morgan fingerprint density at radius 3 is 2.76 bits per heavy atom. The Bertz CT molecular complexity index is 554. The first kappa shape index (κ1) is 15.8. The number of amides is 1. The van der Waals surface area contributed by atoms with E-state index >= 15 is 0 Å². The predicted octanol–water partition coefficient (Wildman–Crippen LogP) is 2.90. The summed E-state index contributed by atoms with van der Waals surface area (Å²) >= 11 is 6.05. The quantitative estimate of drug-likeness (QED) is 0.781. The summed E-state index contributed by atoms with van der Waals surface area (Å²) in [6.07, 6.45) is 3.45. The number of benzene rings is 1. The van der Waals surface area contributed by atoms with Gasteiger partial charge in [-0.25, -0.2) is 4.79 Å². The molecule has 114 valence electrons. The number of carbonyl (C=O) groups excluding carboxylic acids is 1. The first-order valence-corrected chi connectivity index (χ1v) is 7.45. The number of rotatable bonds is 5. The molecule has 1 aliphatic heterocycles. The first-order valence-electron chi connectivity index (χ1n) is 7.08. The highest BCUT2D eigenvalue weighted by Crippen LogP contribution is 2.29. The molecule has 1 amide bonds. The first-order chi connectivity index (χ1) is 9.98. The highest BCUT2D eigenvalue weighted by Gasteiger charge is 2.40. The highest BCUT2D eigenvalue weighted by atomic mass is 35.5. The van der Waals surface area contributed by atoms with Crippen molar-refractivity contribution in [2.24, 2.45) is 0 Å². The van der Waals surface area contributed by atoms with Crippen LogP contribution < -0.4 is 10.6 Å². The number of hydrogen-bond acceptors (Lipinski definition) is 3. The van der Waals surface area contributed by atoms with Crippen LogP contribution in [0.15, 0.2) is 18.2 Å². The molecule has 0 saturated carbocycles. The van der Waals surface area contributed by atoms with Crippen LogP contribution >= 0.6 is 11.6 Å². The van der Waals surface area contributed by atoms with Crippen LogP contribution in [-0.4, -0.2) is 29.1 Å². The van der Waals surface area contributed by atoms with Gasteiger partial charge in [0.2, 0.25) is 5.91 Å². The molecule has 1 heterocycles. The van der Waals surface area contributed by atoms with Crippen molar-refractivity contribution in [3.63, 3.8) is 0 Å². The summed E-state index contributed by atoms with van der Waals surface area (Å²) in [6.45, 7) is 2.88. The molecule has 5 nitrogen and oxygen atoms in total. The molecule has 0 bridgehead atoms. The molecule has 1 saturated heterocycles. The van der Waals surface area contributed by atoms with E-state index in [0.29, 0.717) is 5.69 Å². The number of halogens is 1. The fraction of sp³-hybridized carbons (Fsp3) is 0.467. The summed E-state index contributed by atoms with van der Waals surface area (Å²) in [5, 5.41) is 15.2. The van der Waals surface area contributed by atoms with E-state index in [1.54, 1.807) is 0 Å². The molecule has 21 heavy (non-hydrogen) atoms. The standard InChI is InChI=1S/C15H19ClN2O3/c1-2-6-15(7-3-8-17-15)14(21)18-12-5-4-10(13(19)20)9-11(12)16/h4-5,9,17H,2-3,6-8H2,1H3,(H,18,21)(H,19,20). The molecular weight excluding hydrogens is 292 g/mol. The third-order valence-corrected chi connectivity index (χ3v) is 4.13. The van der Waals surface area contributed by atoms with Gasteiger partial charge >= 0.3 is 5.97 Å². The van der Waals surface area contributed by atoms with Gasteiger partial charge in [0.1, 0.15) is 0 Å². The van der Waals surface area contributed by atoms with Gasteiger partial charge in [0.15, 0.2) is 0 Å². The van der Waals surface area contributed by atoms with E-state index in [1.807, 2.05) is 6.92 Å². The average molecular weight is 311 g/mol. The van der Waals surface area contributed by atoms with Crippen molar-refractivity contribution >= 4 is 29.2 Å². The van der Waals surface area contributed by atoms with Crippen LogP contribution in [0.3, 0.4) is 0 Å². The van der Waals surface area contributed by atoms with Crippen molar-refractivity contribution < 1.29 is 14.7 Å². The molecule has 1 unspecified atom stereocenters. The van der Waals surface area contributed by atoms with Gasteiger partial charge in [0, 0.05) is 0 Å². The molecule has 1 aromatic rings. The monoisotopic (exact) mass is 310 g/mol. The van der Waals surface area contributed by atoms with Gasteiger partial charge in [-0.05, 0) is 44.0 Å². The Balaban J connectivity index is 2.17. The molecule has 0 aromatic heterocycles. The molecule has 0 aliphatic carbocycles. The van der Waals surface area contributed by atoms with E-state index in [-0.39, 0.29) is 16.5 Å². The minimum atomic E-state index is -1.05. The Hall–Kier alpha value is -1.59. The lowest BCUT2D eigenvalue weighted by atomic mass is 9.90. The topological polar surface area (TPSA) is 78.4 Å². The van der Waals surface area contributed by atoms with Crippen LogP contribution in [0.2, 0.25) is 5.02 Å². The molecule has 0 spiro atoms. The maximum absolute atomic E-state index is 12.5. The van der Waals surface area contributed by atoms with Gasteiger partial charge in [-0.15, -0.1) is 0 Å². The molecule has 1 fully saturated rings. The van der Waals surface area contributed by atoms with Crippen LogP contribution in [0.25, 0.3) is 0 Å². The fourth-order valence-corrected chi connectivity index (χ4v) is 2.97. The summed E-state index contributed by atoms with van der Waals surface area (Å²) in [5.74, 6) is -1.15. The van der Waals surface area contributed by atoms with Gasteiger partial charge in [-0.3, -0.25) is 4.79 Å². The third-order valence-electron chi connectivity index (χ3n) is 3.82. The van der Waals surface area contributed by atoms with Crippen LogP contribution in [-0.2, 0) is 4.79 Å². The number of hydrogen-bond donors (Lipinski definition) is 3. The van der Waals surface area contributed by atoms with Crippen molar-refractivity contribution in [1.82, 2.24) is 5.32 Å². The van der Waals surface area contributed by atoms with Crippen molar-refractivity contribution in [2.75, 3.05) is 11.9 Å². The van der Waals surface area contributed by atoms with Crippen LogP contribution in [0.4, 0.5) is 5.69 Å². The van der Waals surface area contributed by atoms with Crippen molar-refractivity contribution in [3.8, 4) is 0 Å². The van der Waals surface area contributed by atoms with Crippen molar-refractivity contribution in [3.05, 3.63) is 28.8 Å². The van der Waals surface area contributed by atoms with Gasteiger partial charge in [0.25, 0.3) is 0 Å². The highest BCUT2D eigenvalue weighted by molar-refractivity contribution is 6.34. The zero-order valence-corrected chi connectivity index (χ0v) is 12.7. The Kier molecular flexibility index (Phi) is 4.85. The van der Waals surface area contributed by atoms with E-state index in [9.17, 15) is 9.59 Å². The van der Waals surface area contributed by atoms with Crippen molar-refractivity contribution in [1.29, 1.82) is 0 Å². The minimum absolute atomic E-state index is 0.0975. The lowest BCUT2D eigenvalue weighted by molar-refractivity contribution is -0.122. The summed E-state index contributed by atoms with van der Waals surface area (Å²) in [7, 11) is 0. The van der Waals surface area contributed by atoms with Gasteiger partial charge < -0.3 is 15.7 Å². The van der Waals surface area contributed by atoms with E-state index in [1.165, 1.54) is 18.2 Å². The molecule has 1 aromatic carbocycles. The summed E-state index contributed by atoms with van der Waals surface area (Å²) in [4.78, 5) is 23.4. The van der Waals surface area contributed by atoms with E-state index in [0.717, 1.165) is 32.2 Å². The fourth-order valence-electron chi connectivity index (χ4n) is 2.75. The van der Waals surface area contributed by atoms with Crippen LogP contribution in [0.1, 0.15) is 43.0 Å². The summed E-state index contributed by atoms with van der Waals surface area (Å²) < 4.78 is 0. The maximum Gasteiger partial charge on any atom is 0.335 e. The molecule has 1 aliphatic rings. The molecule has 3 N–H and O–H groups in total. The number of carbonyl (C=O) groups is 2. The third kappa shape index (κ3) is 3.36. The Labute approximate surface area is 128 Å². The zero-order chi connectivity index (χ0) is 15.5. The number of carboxylic acids is 1. The number of carboxylic acid groups (broad SMARTS) is 1. The predicted molar refractivity (Wildman–Crippen MR) is 81.9 cm³/mol. The summed E-state index contributed by atoms with van der Waals surface area (Å²) in [6, 6.07) is 4.30. The molecular formula is C15H19ClN2O3. The SMILES string of the molecule is CCCC1(C(=O)Nc2ccc(C(=O)O)cc2Cl)CCCN1.